The van der Waals surface area contributed by atoms with Crippen molar-refractivity contribution in [1.82, 2.24) is 19.6 Å². The molecule has 45 heavy (non-hydrogen) atoms. The van der Waals surface area contributed by atoms with Crippen molar-refractivity contribution in [3.63, 3.8) is 0 Å². The maximum atomic E-state index is 3.65. The maximum Gasteiger partial charge on any atom is 0.315 e. The van der Waals surface area contributed by atoms with Gasteiger partial charge in [-0.05, 0) is 66.8 Å². The van der Waals surface area contributed by atoms with Gasteiger partial charge in [0.1, 0.15) is 0 Å². The first-order valence-electron chi connectivity index (χ1n) is 15.2. The molecule has 0 spiro atoms. The Hall–Kier alpha value is -5.95. The molecule has 0 unspecified atom stereocenters. The highest BCUT2D eigenvalue weighted by Gasteiger charge is 2.36. The van der Waals surface area contributed by atoms with Crippen molar-refractivity contribution < 1.29 is 13.8 Å². The highest BCUT2D eigenvalue weighted by atomic mass is 15.5. The summed E-state index contributed by atoms with van der Waals surface area (Å²) >= 11 is 0. The quantitative estimate of drug-likeness (QED) is 0.265. The zero-order valence-corrected chi connectivity index (χ0v) is 25.5. The molecule has 7 heteroatoms. The van der Waals surface area contributed by atoms with Crippen LogP contribution in [0.2, 0.25) is 0 Å². The van der Waals surface area contributed by atoms with Gasteiger partial charge in [-0.1, -0.05) is 16.8 Å². The lowest BCUT2D eigenvalue weighted by atomic mass is 10.2. The Kier molecular flexibility index (Phi) is 6.31. The lowest BCUT2D eigenvalue weighted by molar-refractivity contribution is -0.737. The number of H-pyrrole nitrogens is 3. The largest absolute Gasteiger partial charge is 0.355 e. The Morgan fingerprint density at radius 1 is 0.444 bits per heavy atom. The average molecular weight is 589 g/mol. The van der Waals surface area contributed by atoms with E-state index in [2.05, 4.69) is 188 Å². The number of aromatic nitrogens is 7. The molecule has 0 radical (unpaired) electrons. The minimum absolute atomic E-state index is 1.00. The molecule has 8 rings (SSSR count). The molecule has 1 aliphatic heterocycles. The Morgan fingerprint density at radius 2 is 0.889 bits per heavy atom. The van der Waals surface area contributed by atoms with Gasteiger partial charge in [0.2, 0.25) is 11.9 Å². The lowest BCUT2D eigenvalue weighted by Gasteiger charge is -2.01. The third-order valence-corrected chi connectivity index (χ3v) is 8.43. The van der Waals surface area contributed by atoms with Crippen LogP contribution in [0.1, 0.15) is 39.9 Å². The van der Waals surface area contributed by atoms with Gasteiger partial charge < -0.3 is 15.0 Å². The fourth-order valence-corrected chi connectivity index (χ4v) is 6.27. The van der Waals surface area contributed by atoms with Gasteiger partial charge in [0.15, 0.2) is 34.5 Å². The van der Waals surface area contributed by atoms with Gasteiger partial charge in [0.25, 0.3) is 0 Å². The second kappa shape index (κ2) is 10.6. The molecule has 7 nitrogen and oxygen atoms in total. The molecule has 0 amide bonds. The molecule has 0 aliphatic carbocycles. The van der Waals surface area contributed by atoms with Gasteiger partial charge >= 0.3 is 11.4 Å². The number of rotatable bonds is 3. The van der Waals surface area contributed by atoms with E-state index in [9.17, 15) is 0 Å². The van der Waals surface area contributed by atoms with Crippen molar-refractivity contribution in [3.05, 3.63) is 171 Å². The van der Waals surface area contributed by atoms with Crippen LogP contribution in [0.3, 0.4) is 0 Å². The number of hydrogen-bond donors (Lipinski definition) is 3. The second-order valence-electron chi connectivity index (χ2n) is 11.6. The Bertz CT molecular complexity index is 2340. The first kappa shape index (κ1) is 26.7. The van der Waals surface area contributed by atoms with Gasteiger partial charge in [-0.25, -0.2) is 0 Å². The fraction of sp³-hybridized carbons (Fsp3) is 0.0789. The van der Waals surface area contributed by atoms with Crippen LogP contribution in [0.4, 0.5) is 0 Å². The summed E-state index contributed by atoms with van der Waals surface area (Å²) in [5, 5.41) is 4.14. The smallest absolute Gasteiger partial charge is 0.315 e. The molecule has 0 saturated heterocycles. The zero-order valence-electron chi connectivity index (χ0n) is 25.5. The minimum atomic E-state index is 1.00. The van der Waals surface area contributed by atoms with Gasteiger partial charge in [-0.2, -0.15) is 9.13 Å². The van der Waals surface area contributed by atoms with Crippen LogP contribution >= 0.6 is 0 Å². The molecule has 218 valence electrons. The highest BCUT2D eigenvalue weighted by molar-refractivity contribution is 5.60. The van der Waals surface area contributed by atoms with Crippen LogP contribution < -0.4 is 35.2 Å². The lowest BCUT2D eigenvalue weighted by Crippen LogP contribution is -2.56. The molecule has 0 saturated carbocycles. The maximum absolute atomic E-state index is 3.65. The van der Waals surface area contributed by atoms with Crippen LogP contribution in [0.25, 0.3) is 35.7 Å². The van der Waals surface area contributed by atoms with E-state index in [-0.39, 0.29) is 0 Å². The van der Waals surface area contributed by atoms with Crippen molar-refractivity contribution in [2.24, 2.45) is 0 Å². The molecule has 8 heterocycles. The first-order chi connectivity index (χ1) is 22.0. The van der Waals surface area contributed by atoms with Gasteiger partial charge in [0, 0.05) is 90.6 Å². The van der Waals surface area contributed by atoms with Crippen molar-refractivity contribution >= 4 is 24.3 Å². The summed E-state index contributed by atoms with van der Waals surface area (Å²) in [6.45, 7) is 6.47. The predicted octanol–water partition coefficient (Wildman–Crippen LogP) is 2.18. The van der Waals surface area contributed by atoms with E-state index in [0.29, 0.717) is 0 Å². The summed E-state index contributed by atoms with van der Waals surface area (Å²) in [5.74, 6) is 0. The summed E-state index contributed by atoms with van der Waals surface area (Å²) in [4.78, 5) is 10.8. The van der Waals surface area contributed by atoms with E-state index in [4.69, 9.17) is 0 Å². The van der Waals surface area contributed by atoms with Gasteiger partial charge in [-0.15, -0.1) is 4.68 Å². The number of aryl methyl sites for hydroxylation is 3. The Balaban J connectivity index is 1.63. The molecular formula is C38H34N7+3. The second-order valence-corrected chi connectivity index (χ2v) is 11.6. The third kappa shape index (κ3) is 4.75. The minimum Gasteiger partial charge on any atom is -0.355 e. The Labute approximate surface area is 260 Å². The summed E-state index contributed by atoms with van der Waals surface area (Å²) in [5.41, 5.74) is 9.58. The van der Waals surface area contributed by atoms with Crippen LogP contribution in [-0.2, 0) is 0 Å². The van der Waals surface area contributed by atoms with Crippen LogP contribution in [0, 0.1) is 20.8 Å². The van der Waals surface area contributed by atoms with Crippen LogP contribution in [0.15, 0.2) is 110 Å². The molecule has 3 N–H and O–H groups in total. The van der Waals surface area contributed by atoms with E-state index >= 15 is 0 Å². The fourth-order valence-electron chi connectivity index (χ4n) is 6.27. The zero-order chi connectivity index (χ0) is 30.5. The van der Waals surface area contributed by atoms with Gasteiger partial charge in [-0.3, -0.25) is 0 Å². The molecule has 8 bridgehead atoms. The third-order valence-electron chi connectivity index (χ3n) is 8.43. The molecule has 0 atom stereocenters. The summed E-state index contributed by atoms with van der Waals surface area (Å²) < 4.78 is 9.16. The normalized spacial score (nSPS) is 12.2. The highest BCUT2D eigenvalue weighted by Crippen LogP contribution is 2.10. The Morgan fingerprint density at radius 3 is 1.36 bits per heavy atom. The summed E-state index contributed by atoms with van der Waals surface area (Å²) in [6, 6.07) is 31.8. The number of aromatic amines is 3. The molecule has 0 aromatic carbocycles. The van der Waals surface area contributed by atoms with Crippen molar-refractivity contribution in [3.8, 4) is 11.4 Å². The average Bonchev–Trinajstić information content (AvgIpc) is 3.83. The van der Waals surface area contributed by atoms with Crippen molar-refractivity contribution in [1.29, 1.82) is 0 Å². The van der Waals surface area contributed by atoms with Crippen molar-refractivity contribution in [2.45, 2.75) is 20.8 Å². The van der Waals surface area contributed by atoms with E-state index in [1.54, 1.807) is 0 Å². The molecule has 7 aromatic heterocycles. The van der Waals surface area contributed by atoms with Crippen LogP contribution in [-0.4, -0.2) is 19.6 Å². The first-order valence-corrected chi connectivity index (χ1v) is 15.2. The number of pyridine rings is 3. The molecule has 7 aromatic rings. The molecule has 0 fully saturated rings. The summed E-state index contributed by atoms with van der Waals surface area (Å²) in [7, 11) is 0. The monoisotopic (exact) mass is 588 g/mol. The molecule has 1 aliphatic rings. The molecular weight excluding hydrogens is 554 g/mol. The van der Waals surface area contributed by atoms with E-state index in [0.717, 1.165) is 72.6 Å². The van der Waals surface area contributed by atoms with E-state index < -0.39 is 0 Å². The number of fused-ring (bicyclic) bond motifs is 8. The SMILES string of the molecule is Cc1cccc[n+]1-c1c(-[n+]2ccccc2C)c2n(-[n+]3ccccc3C)c1=Cc1ccc([nH]1)C=c1ccc([nH]1)=Cc1ccc([nH]1)C=2. The van der Waals surface area contributed by atoms with E-state index in [1.165, 1.54) is 0 Å². The number of nitrogens with one attached hydrogen (secondary N) is 3. The predicted molar refractivity (Wildman–Crippen MR) is 174 cm³/mol. The number of nitrogens with zero attached hydrogens (tertiary/aromatic N) is 4. The topological polar surface area (TPSA) is 63.9 Å². The van der Waals surface area contributed by atoms with Gasteiger partial charge in [0.05, 0.1) is 0 Å². The number of hydrogen-bond acceptors (Lipinski definition) is 0. The van der Waals surface area contributed by atoms with Crippen molar-refractivity contribution in [2.75, 3.05) is 0 Å². The summed E-state index contributed by atoms with van der Waals surface area (Å²) in [6.07, 6.45) is 15.2. The van der Waals surface area contributed by atoms with E-state index in [1.807, 2.05) is 0 Å². The standard InChI is InChI=1S/C38H34N7/c1-26-10-4-7-19-42(26)37-35-24-33-17-15-31(40-33)22-29-13-14-30(39-29)23-32-16-18-34(41-32)25-36(38(37)43-20-8-5-11-27(43)2)45(35)44-21-9-6-12-28(44)3/h4-25,39-41H,1-3H3/q+3. The van der Waals surface area contributed by atoms with Crippen LogP contribution in [0.5, 0.6) is 0 Å².